The quantitative estimate of drug-likeness (QED) is 0.427. The van der Waals surface area contributed by atoms with Gasteiger partial charge in [-0.2, -0.15) is 17.9 Å². The zero-order valence-corrected chi connectivity index (χ0v) is 24.7. The Bertz CT molecular complexity index is 1200. The molecule has 3 heterocycles. The van der Waals surface area contributed by atoms with Crippen molar-refractivity contribution in [3.63, 3.8) is 0 Å². The molecule has 0 spiro atoms. The summed E-state index contributed by atoms with van der Waals surface area (Å²) in [4.78, 5) is 15.0. The molecule has 0 radical (unpaired) electrons. The second-order valence-corrected chi connectivity index (χ2v) is 12.0. The minimum absolute atomic E-state index is 0.146. The summed E-state index contributed by atoms with van der Waals surface area (Å²) < 4.78 is 33.4. The molecule has 41 heavy (non-hydrogen) atoms. The number of aromatic nitrogens is 2. The normalized spacial score (nSPS) is 21.8. The van der Waals surface area contributed by atoms with E-state index in [1.165, 1.54) is 19.3 Å². The fraction of sp³-hybridized carbons (Fsp3) is 0.586. The summed E-state index contributed by atoms with van der Waals surface area (Å²) in [5, 5.41) is 16.3. The van der Waals surface area contributed by atoms with E-state index in [1.54, 1.807) is 24.3 Å². The molecule has 1 aromatic carbocycles. The number of primary amides is 1. The van der Waals surface area contributed by atoms with Crippen LogP contribution >= 0.6 is 24.2 Å². The first-order chi connectivity index (χ1) is 19.6. The van der Waals surface area contributed by atoms with Crippen molar-refractivity contribution in [1.29, 1.82) is 5.26 Å². The lowest BCUT2D eigenvalue weighted by molar-refractivity contribution is -0.0610. The molecule has 1 unspecified atom stereocenters. The van der Waals surface area contributed by atoms with Crippen LogP contribution < -0.4 is 15.4 Å². The SMILES string of the molecule is N#Cc1ccc(OC2CCCCC2)cc1Cl.NC(=O)c1ccc(N2CCC(CN3CCC(S)C(F)(F)C3)CC2)nn1. The minimum atomic E-state index is -2.71. The van der Waals surface area contributed by atoms with Gasteiger partial charge in [0.2, 0.25) is 0 Å². The number of likely N-dealkylation sites (tertiary alicyclic amines) is 1. The monoisotopic (exact) mass is 606 g/mol. The van der Waals surface area contributed by atoms with E-state index in [4.69, 9.17) is 27.3 Å². The number of thiol groups is 1. The van der Waals surface area contributed by atoms with Crippen molar-refractivity contribution in [2.24, 2.45) is 11.7 Å². The number of anilines is 1. The van der Waals surface area contributed by atoms with E-state index in [0.29, 0.717) is 47.9 Å². The van der Waals surface area contributed by atoms with E-state index in [0.717, 1.165) is 44.5 Å². The lowest BCUT2D eigenvalue weighted by Gasteiger charge is -2.40. The Morgan fingerprint density at radius 3 is 2.41 bits per heavy atom. The van der Waals surface area contributed by atoms with E-state index in [1.807, 2.05) is 17.0 Å². The van der Waals surface area contributed by atoms with Crippen LogP contribution in [0.4, 0.5) is 14.6 Å². The predicted molar refractivity (Wildman–Crippen MR) is 158 cm³/mol. The van der Waals surface area contributed by atoms with Crippen molar-refractivity contribution in [3.8, 4) is 11.8 Å². The summed E-state index contributed by atoms with van der Waals surface area (Å²) in [6.45, 7) is 2.80. The summed E-state index contributed by atoms with van der Waals surface area (Å²) in [5.41, 5.74) is 5.80. The van der Waals surface area contributed by atoms with Crippen molar-refractivity contribution in [3.05, 3.63) is 46.6 Å². The number of nitrogens with zero attached hydrogens (tertiary/aromatic N) is 5. The first-order valence-electron chi connectivity index (χ1n) is 14.2. The van der Waals surface area contributed by atoms with Crippen LogP contribution in [0.25, 0.3) is 0 Å². The number of benzene rings is 1. The number of nitrogens with two attached hydrogens (primary N) is 1. The molecule has 2 saturated heterocycles. The van der Waals surface area contributed by atoms with Crippen LogP contribution in [0.3, 0.4) is 0 Å². The lowest BCUT2D eigenvalue weighted by Crippen LogP contribution is -2.51. The first kappa shape index (κ1) is 31.3. The number of hydrogen-bond acceptors (Lipinski definition) is 8. The molecular formula is C29H37ClF2N6O2S. The number of carbonyl (C=O) groups is 1. The summed E-state index contributed by atoms with van der Waals surface area (Å²) in [6.07, 6.45) is 8.64. The summed E-state index contributed by atoms with van der Waals surface area (Å²) in [6, 6.07) is 10.6. The fourth-order valence-electron chi connectivity index (χ4n) is 5.52. The number of hydrogen-bond donors (Lipinski definition) is 2. The van der Waals surface area contributed by atoms with Gasteiger partial charge in [0, 0.05) is 25.7 Å². The van der Waals surface area contributed by atoms with Crippen LogP contribution in [0.2, 0.25) is 5.02 Å². The van der Waals surface area contributed by atoms with E-state index in [-0.39, 0.29) is 12.2 Å². The predicted octanol–water partition coefficient (Wildman–Crippen LogP) is 5.35. The Kier molecular flexibility index (Phi) is 11.0. The number of piperidine rings is 2. The average molecular weight is 607 g/mol. The Morgan fingerprint density at radius 2 is 1.83 bits per heavy atom. The molecule has 2 N–H and O–H groups in total. The molecule has 8 nitrogen and oxygen atoms in total. The number of ether oxygens (including phenoxy) is 1. The number of amides is 1. The molecule has 0 bridgehead atoms. The third-order valence-electron chi connectivity index (χ3n) is 7.91. The summed E-state index contributed by atoms with van der Waals surface area (Å²) in [7, 11) is 0. The Labute approximate surface area is 250 Å². The highest BCUT2D eigenvalue weighted by molar-refractivity contribution is 7.81. The van der Waals surface area contributed by atoms with Crippen LogP contribution in [0.5, 0.6) is 5.75 Å². The van der Waals surface area contributed by atoms with Gasteiger partial charge >= 0.3 is 0 Å². The molecular weight excluding hydrogens is 570 g/mol. The van der Waals surface area contributed by atoms with Crippen LogP contribution in [-0.4, -0.2) is 71.0 Å². The van der Waals surface area contributed by atoms with Gasteiger partial charge in [0.25, 0.3) is 11.8 Å². The van der Waals surface area contributed by atoms with Gasteiger partial charge in [-0.25, -0.2) is 8.78 Å². The highest BCUT2D eigenvalue weighted by Crippen LogP contribution is 2.32. The average Bonchev–Trinajstić information content (AvgIpc) is 2.96. The highest BCUT2D eigenvalue weighted by Gasteiger charge is 2.43. The second-order valence-electron chi connectivity index (χ2n) is 11.0. The maximum Gasteiger partial charge on any atom is 0.271 e. The lowest BCUT2D eigenvalue weighted by atomic mass is 9.95. The molecule has 1 aliphatic carbocycles. The number of alkyl halides is 2. The maximum absolute atomic E-state index is 13.8. The molecule has 1 aromatic heterocycles. The van der Waals surface area contributed by atoms with Gasteiger partial charge in [-0.05, 0) is 81.7 Å². The molecule has 1 atom stereocenters. The van der Waals surface area contributed by atoms with Crippen molar-refractivity contribution in [1.82, 2.24) is 15.1 Å². The van der Waals surface area contributed by atoms with E-state index in [2.05, 4.69) is 27.7 Å². The van der Waals surface area contributed by atoms with Gasteiger partial charge in [-0.15, -0.1) is 10.2 Å². The van der Waals surface area contributed by atoms with Crippen molar-refractivity contribution < 1.29 is 18.3 Å². The second kappa shape index (κ2) is 14.5. The number of halogens is 3. The molecule has 12 heteroatoms. The van der Waals surface area contributed by atoms with Crippen molar-refractivity contribution in [2.75, 3.05) is 37.6 Å². The molecule has 1 amide bonds. The van der Waals surface area contributed by atoms with Gasteiger partial charge in [0.1, 0.15) is 11.8 Å². The van der Waals surface area contributed by atoms with Crippen molar-refractivity contribution >= 4 is 36.0 Å². The Balaban J connectivity index is 0.000000208. The van der Waals surface area contributed by atoms with Crippen molar-refractivity contribution in [2.45, 2.75) is 68.6 Å². The number of carbonyl (C=O) groups excluding carboxylic acids is 1. The molecule has 2 aliphatic heterocycles. The molecule has 5 rings (SSSR count). The molecule has 3 fully saturated rings. The van der Waals surface area contributed by atoms with E-state index >= 15 is 0 Å². The zero-order valence-electron chi connectivity index (χ0n) is 23.0. The van der Waals surface area contributed by atoms with E-state index in [9.17, 15) is 13.6 Å². The molecule has 1 saturated carbocycles. The Morgan fingerprint density at radius 1 is 1.10 bits per heavy atom. The number of rotatable bonds is 6. The van der Waals surface area contributed by atoms with Gasteiger partial charge < -0.3 is 15.4 Å². The topological polar surface area (TPSA) is 108 Å². The zero-order chi connectivity index (χ0) is 29.4. The smallest absolute Gasteiger partial charge is 0.271 e. The summed E-state index contributed by atoms with van der Waals surface area (Å²) in [5.74, 6) is -1.41. The van der Waals surface area contributed by atoms with Crippen LogP contribution in [0.15, 0.2) is 30.3 Å². The first-order valence-corrected chi connectivity index (χ1v) is 15.1. The third-order valence-corrected chi connectivity index (χ3v) is 8.86. The standard InChI is InChI=1S/C16H23F2N5OS.C13H14ClNO/c17-16(18)10-22(6-5-13(16)25)9-11-3-7-23(8-4-11)14-2-1-12(15(19)24)20-21-14;14-13-8-12(7-6-10(13)9-15)16-11-4-2-1-3-5-11/h1-2,11,13,25H,3-10H2,(H2,19,24);6-8,11H,1-5H2. The van der Waals surface area contributed by atoms with E-state index < -0.39 is 17.1 Å². The Hall–Kier alpha value is -2.68. The van der Waals surface area contributed by atoms with Crippen LogP contribution in [0.1, 0.15) is 67.4 Å². The largest absolute Gasteiger partial charge is 0.490 e. The summed E-state index contributed by atoms with van der Waals surface area (Å²) >= 11 is 9.94. The van der Waals surface area contributed by atoms with Gasteiger partial charge in [0.05, 0.1) is 28.5 Å². The molecule has 3 aliphatic rings. The third kappa shape index (κ3) is 8.90. The maximum atomic E-state index is 13.8. The number of nitriles is 1. The fourth-order valence-corrected chi connectivity index (χ4v) is 5.93. The minimum Gasteiger partial charge on any atom is -0.490 e. The van der Waals surface area contributed by atoms with Crippen LogP contribution in [-0.2, 0) is 0 Å². The molecule has 222 valence electrons. The highest BCUT2D eigenvalue weighted by atomic mass is 35.5. The van der Waals surface area contributed by atoms with Crippen LogP contribution in [0, 0.1) is 17.2 Å². The van der Waals surface area contributed by atoms with Gasteiger partial charge in [0.15, 0.2) is 11.5 Å². The van der Waals surface area contributed by atoms with Gasteiger partial charge in [-0.3, -0.25) is 9.69 Å². The van der Waals surface area contributed by atoms with Gasteiger partial charge in [-0.1, -0.05) is 18.0 Å². The molecule has 2 aromatic rings.